The standard InChI is InChI=1S/C25H42O6Si/c1-25(2,3)32(5,6)29-17-20-19-15-18(11-7-8-12-23(26)27-4)30-21(19)16-22(20)31-24-13-9-10-14-28-24/h11,15,20-22,24H,7-10,12-14,16-17H2,1-6H3/t20-,21+,22-,24?/m1/s1. The Morgan fingerprint density at radius 3 is 2.72 bits per heavy atom. The maximum atomic E-state index is 11.3. The summed E-state index contributed by atoms with van der Waals surface area (Å²) in [6, 6.07) is 0. The van der Waals surface area contributed by atoms with Crippen LogP contribution in [0.3, 0.4) is 0 Å². The van der Waals surface area contributed by atoms with E-state index in [1.807, 2.05) is 0 Å². The van der Waals surface area contributed by atoms with Gasteiger partial charge in [-0.05, 0) is 68.0 Å². The molecule has 1 unspecified atom stereocenters. The molecule has 0 spiro atoms. The fourth-order valence-electron chi connectivity index (χ4n) is 4.23. The second kappa shape index (κ2) is 10.8. The molecule has 3 rings (SSSR count). The molecule has 0 N–H and O–H groups in total. The Morgan fingerprint density at radius 2 is 2.06 bits per heavy atom. The van der Waals surface area contributed by atoms with Crippen LogP contribution in [-0.2, 0) is 28.2 Å². The van der Waals surface area contributed by atoms with Crippen molar-refractivity contribution < 1.29 is 28.2 Å². The molecule has 1 saturated carbocycles. The Labute approximate surface area is 194 Å². The van der Waals surface area contributed by atoms with Crippen molar-refractivity contribution >= 4 is 14.3 Å². The fraction of sp³-hybridized carbons (Fsp3) is 0.800. The topological polar surface area (TPSA) is 63.2 Å². The largest absolute Gasteiger partial charge is 0.486 e. The Kier molecular flexibility index (Phi) is 8.63. The van der Waals surface area contributed by atoms with E-state index >= 15 is 0 Å². The lowest BCUT2D eigenvalue weighted by molar-refractivity contribution is -0.195. The molecule has 0 amide bonds. The van der Waals surface area contributed by atoms with E-state index in [-0.39, 0.29) is 35.4 Å². The molecule has 6 nitrogen and oxygen atoms in total. The number of rotatable bonds is 9. The molecule has 32 heavy (non-hydrogen) atoms. The van der Waals surface area contributed by atoms with Gasteiger partial charge in [0.25, 0.3) is 0 Å². The maximum Gasteiger partial charge on any atom is 0.305 e. The van der Waals surface area contributed by atoms with Crippen LogP contribution in [-0.4, -0.2) is 53.1 Å². The van der Waals surface area contributed by atoms with Crippen molar-refractivity contribution in [3.8, 4) is 0 Å². The van der Waals surface area contributed by atoms with Crippen molar-refractivity contribution in [1.82, 2.24) is 0 Å². The molecule has 7 heteroatoms. The van der Waals surface area contributed by atoms with Gasteiger partial charge in [0.15, 0.2) is 14.6 Å². The third-order valence-electron chi connectivity index (χ3n) is 7.33. The van der Waals surface area contributed by atoms with Gasteiger partial charge in [0.1, 0.15) is 11.9 Å². The van der Waals surface area contributed by atoms with E-state index in [1.165, 1.54) is 12.7 Å². The molecule has 4 atom stereocenters. The van der Waals surface area contributed by atoms with Gasteiger partial charge < -0.3 is 23.4 Å². The van der Waals surface area contributed by atoms with Crippen molar-refractivity contribution in [2.75, 3.05) is 20.3 Å². The zero-order valence-electron chi connectivity index (χ0n) is 20.8. The van der Waals surface area contributed by atoms with Crippen LogP contribution in [0.25, 0.3) is 0 Å². The Morgan fingerprint density at radius 1 is 1.28 bits per heavy atom. The lowest BCUT2D eigenvalue weighted by atomic mass is 10.0. The van der Waals surface area contributed by atoms with Crippen LogP contribution in [0.15, 0.2) is 23.5 Å². The van der Waals surface area contributed by atoms with Gasteiger partial charge in [0.05, 0.1) is 13.2 Å². The van der Waals surface area contributed by atoms with Gasteiger partial charge in [-0.15, -0.1) is 0 Å². The van der Waals surface area contributed by atoms with Crippen LogP contribution in [0.1, 0.15) is 65.7 Å². The number of allylic oxidation sites excluding steroid dienone is 2. The third kappa shape index (κ3) is 6.46. The molecule has 1 saturated heterocycles. The van der Waals surface area contributed by atoms with Crippen molar-refractivity contribution in [3.63, 3.8) is 0 Å². The summed E-state index contributed by atoms with van der Waals surface area (Å²) in [7, 11) is -0.443. The molecule has 0 radical (unpaired) electrons. The average molecular weight is 467 g/mol. The normalized spacial score (nSPS) is 29.6. The zero-order chi connectivity index (χ0) is 23.4. The highest BCUT2D eigenvalue weighted by Gasteiger charge is 2.46. The molecule has 0 bridgehead atoms. The lowest BCUT2D eigenvalue weighted by Gasteiger charge is -2.38. The first-order chi connectivity index (χ1) is 15.1. The van der Waals surface area contributed by atoms with E-state index in [1.54, 1.807) is 0 Å². The summed E-state index contributed by atoms with van der Waals surface area (Å²) in [5, 5.41) is 0.166. The molecule has 2 fully saturated rings. The van der Waals surface area contributed by atoms with Gasteiger partial charge in [-0.3, -0.25) is 4.79 Å². The van der Waals surface area contributed by atoms with Crippen LogP contribution < -0.4 is 0 Å². The van der Waals surface area contributed by atoms with E-state index in [0.717, 1.165) is 50.9 Å². The summed E-state index contributed by atoms with van der Waals surface area (Å²) in [5.74, 6) is 0.916. The van der Waals surface area contributed by atoms with E-state index in [0.29, 0.717) is 13.0 Å². The molecule has 3 aliphatic rings. The van der Waals surface area contributed by atoms with Gasteiger partial charge in [-0.2, -0.15) is 0 Å². The highest BCUT2D eigenvalue weighted by Crippen LogP contribution is 2.44. The number of unbranched alkanes of at least 4 members (excludes halogenated alkanes) is 1. The summed E-state index contributed by atoms with van der Waals surface area (Å²) in [6.45, 7) is 12.9. The number of carbonyl (C=O) groups excluding carboxylic acids is 1. The van der Waals surface area contributed by atoms with Crippen LogP contribution in [0, 0.1) is 5.92 Å². The van der Waals surface area contributed by atoms with E-state index in [4.69, 9.17) is 23.4 Å². The number of methoxy groups -OCH3 is 1. The Bertz CT molecular complexity index is 702. The zero-order valence-corrected chi connectivity index (χ0v) is 21.8. The molecule has 2 aliphatic heterocycles. The first-order valence-electron chi connectivity index (χ1n) is 12.2. The monoisotopic (exact) mass is 466 g/mol. The van der Waals surface area contributed by atoms with E-state index < -0.39 is 8.32 Å². The highest BCUT2D eigenvalue weighted by molar-refractivity contribution is 6.74. The third-order valence-corrected chi connectivity index (χ3v) is 11.8. The number of fused-ring (bicyclic) bond motifs is 1. The smallest absolute Gasteiger partial charge is 0.305 e. The number of esters is 1. The molecular weight excluding hydrogens is 424 g/mol. The molecule has 0 aromatic heterocycles. The molecular formula is C25H42O6Si. The van der Waals surface area contributed by atoms with Crippen molar-refractivity contribution in [2.24, 2.45) is 5.92 Å². The van der Waals surface area contributed by atoms with Crippen LogP contribution in [0.4, 0.5) is 0 Å². The molecule has 0 aromatic rings. The van der Waals surface area contributed by atoms with Gasteiger partial charge in [-0.25, -0.2) is 0 Å². The number of hydrogen-bond acceptors (Lipinski definition) is 6. The minimum atomic E-state index is -1.87. The average Bonchev–Trinajstić information content (AvgIpc) is 3.26. The number of ether oxygens (including phenoxy) is 4. The van der Waals surface area contributed by atoms with Gasteiger partial charge in [0.2, 0.25) is 0 Å². The highest BCUT2D eigenvalue weighted by atomic mass is 28.4. The predicted octanol–water partition coefficient (Wildman–Crippen LogP) is 5.49. The second-order valence-corrected chi connectivity index (χ2v) is 15.5. The molecule has 182 valence electrons. The van der Waals surface area contributed by atoms with Gasteiger partial charge >= 0.3 is 5.97 Å². The summed E-state index contributed by atoms with van der Waals surface area (Å²) in [5.41, 5.74) is 1.28. The quantitative estimate of drug-likeness (QED) is 0.254. The minimum absolute atomic E-state index is 0.0449. The maximum absolute atomic E-state index is 11.3. The van der Waals surface area contributed by atoms with Gasteiger partial charge in [-0.1, -0.05) is 20.8 Å². The fourth-order valence-corrected chi connectivity index (χ4v) is 5.25. The molecule has 2 heterocycles. The summed E-state index contributed by atoms with van der Waals surface area (Å²) < 4.78 is 29.9. The number of carbonyl (C=O) groups is 1. The second-order valence-electron chi connectivity index (χ2n) is 10.7. The van der Waals surface area contributed by atoms with E-state index in [2.05, 4.69) is 46.0 Å². The first-order valence-corrected chi connectivity index (χ1v) is 15.1. The van der Waals surface area contributed by atoms with Crippen LogP contribution in [0.2, 0.25) is 18.1 Å². The Hall–Kier alpha value is -1.15. The SMILES string of the molecule is COC(=O)CCCC=C1C=C2[C@H](C[C@@H](OC3CCCCO3)[C@@H]2CO[Si](C)(C)C(C)(C)C)O1. The summed E-state index contributed by atoms with van der Waals surface area (Å²) >= 11 is 0. The lowest BCUT2D eigenvalue weighted by Crippen LogP contribution is -2.43. The minimum Gasteiger partial charge on any atom is -0.486 e. The summed E-state index contributed by atoms with van der Waals surface area (Å²) in [6.07, 6.45) is 10.3. The molecule has 1 aliphatic carbocycles. The van der Waals surface area contributed by atoms with Crippen molar-refractivity contribution in [1.29, 1.82) is 0 Å². The number of hydrogen-bond donors (Lipinski definition) is 0. The first kappa shape index (κ1) is 25.5. The molecule has 0 aromatic carbocycles. The Balaban J connectivity index is 1.67. The van der Waals surface area contributed by atoms with E-state index in [9.17, 15) is 4.79 Å². The van der Waals surface area contributed by atoms with Crippen molar-refractivity contribution in [2.45, 2.75) is 102 Å². The van der Waals surface area contributed by atoms with Crippen LogP contribution >= 0.6 is 0 Å². The van der Waals surface area contributed by atoms with Crippen molar-refractivity contribution in [3.05, 3.63) is 23.5 Å². The van der Waals surface area contributed by atoms with Gasteiger partial charge in [0, 0.05) is 32.0 Å². The van der Waals surface area contributed by atoms with Crippen LogP contribution in [0.5, 0.6) is 0 Å². The predicted molar refractivity (Wildman–Crippen MR) is 127 cm³/mol. The summed E-state index contributed by atoms with van der Waals surface area (Å²) in [4.78, 5) is 11.3.